The summed E-state index contributed by atoms with van der Waals surface area (Å²) in [5.74, 6) is 0. The summed E-state index contributed by atoms with van der Waals surface area (Å²) in [7, 11) is -1.91. The zero-order valence-electron chi connectivity index (χ0n) is 14.6. The van der Waals surface area contributed by atoms with Crippen molar-refractivity contribution in [1.82, 2.24) is 0 Å². The fourth-order valence-corrected chi connectivity index (χ4v) is 12.2. The SMILES string of the molecule is CCC[Si](C)(C1C(Cl)=Cc2ccccc21)C1C(Cl)=Cc2ccccc21. The third kappa shape index (κ3) is 2.64. The standard InChI is InChI=1S/C22H22Cl2Si/c1-3-12-25(2,21-17-10-6-4-8-15(17)13-19(21)23)22-18-11-7-5-9-16(18)14-20(22)24/h4-11,13-14,21-22H,3,12H2,1-2H3. The summed E-state index contributed by atoms with van der Waals surface area (Å²) < 4.78 is 0. The Morgan fingerprint density at radius 2 is 1.24 bits per heavy atom. The first-order valence-electron chi connectivity index (χ1n) is 8.98. The van der Waals surface area contributed by atoms with Crippen LogP contribution in [0.15, 0.2) is 58.6 Å². The highest BCUT2D eigenvalue weighted by atomic mass is 35.5. The summed E-state index contributed by atoms with van der Waals surface area (Å²) in [5.41, 5.74) is 5.98. The van der Waals surface area contributed by atoms with Gasteiger partial charge in [-0.2, -0.15) is 0 Å². The lowest BCUT2D eigenvalue weighted by Gasteiger charge is -2.40. The smallest absolute Gasteiger partial charge is 0.0783 e. The lowest BCUT2D eigenvalue weighted by molar-refractivity contribution is 0.933. The fourth-order valence-electron chi connectivity index (χ4n) is 4.91. The molecule has 0 aromatic heterocycles. The van der Waals surface area contributed by atoms with E-state index in [0.717, 1.165) is 16.5 Å². The Morgan fingerprint density at radius 1 is 0.800 bits per heavy atom. The molecular weight excluding hydrogens is 363 g/mol. The molecule has 0 heterocycles. The molecule has 0 fully saturated rings. The van der Waals surface area contributed by atoms with Gasteiger partial charge in [0, 0.05) is 21.1 Å². The van der Waals surface area contributed by atoms with Gasteiger partial charge in [0.2, 0.25) is 0 Å². The quantitative estimate of drug-likeness (QED) is 0.484. The van der Waals surface area contributed by atoms with Crippen LogP contribution in [0.4, 0.5) is 0 Å². The van der Waals surface area contributed by atoms with E-state index in [1.807, 2.05) is 0 Å². The summed E-state index contributed by atoms with van der Waals surface area (Å²) in [5, 5.41) is 2.00. The van der Waals surface area contributed by atoms with Crippen molar-refractivity contribution in [2.45, 2.75) is 37.0 Å². The largest absolute Gasteiger partial charge is 0.0888 e. The molecule has 0 saturated heterocycles. The van der Waals surface area contributed by atoms with Gasteiger partial charge in [0.25, 0.3) is 0 Å². The molecule has 0 nitrogen and oxygen atoms in total. The number of fused-ring (bicyclic) bond motifs is 2. The number of halogens is 2. The van der Waals surface area contributed by atoms with E-state index in [4.69, 9.17) is 23.2 Å². The normalized spacial score (nSPS) is 23.5. The van der Waals surface area contributed by atoms with Crippen LogP contribution < -0.4 is 0 Å². The highest BCUT2D eigenvalue weighted by Gasteiger charge is 2.50. The lowest BCUT2D eigenvalue weighted by atomic mass is 10.1. The van der Waals surface area contributed by atoms with Crippen LogP contribution in [-0.4, -0.2) is 8.07 Å². The van der Waals surface area contributed by atoms with Gasteiger partial charge in [-0.25, -0.2) is 0 Å². The Hall–Kier alpha value is -1.28. The van der Waals surface area contributed by atoms with Crippen LogP contribution in [0.3, 0.4) is 0 Å². The van der Waals surface area contributed by atoms with Gasteiger partial charge >= 0.3 is 0 Å². The van der Waals surface area contributed by atoms with Gasteiger partial charge in [-0.3, -0.25) is 0 Å². The Bertz CT molecular complexity index is 814. The minimum Gasteiger partial charge on any atom is -0.0888 e. The predicted molar refractivity (Wildman–Crippen MR) is 113 cm³/mol. The van der Waals surface area contributed by atoms with Crippen LogP contribution in [0, 0.1) is 0 Å². The van der Waals surface area contributed by atoms with Gasteiger partial charge in [0.05, 0.1) is 8.07 Å². The molecule has 3 heteroatoms. The average Bonchev–Trinajstić information content (AvgIpc) is 3.10. The van der Waals surface area contributed by atoms with Crippen molar-refractivity contribution >= 4 is 43.4 Å². The van der Waals surface area contributed by atoms with Gasteiger partial charge < -0.3 is 0 Å². The lowest BCUT2D eigenvalue weighted by Crippen LogP contribution is -2.44. The van der Waals surface area contributed by atoms with Crippen molar-refractivity contribution in [3.05, 3.63) is 80.8 Å². The van der Waals surface area contributed by atoms with Crippen molar-refractivity contribution in [3.63, 3.8) is 0 Å². The van der Waals surface area contributed by atoms with Crippen molar-refractivity contribution in [1.29, 1.82) is 0 Å². The number of hydrogen-bond acceptors (Lipinski definition) is 0. The third-order valence-electron chi connectivity index (χ3n) is 5.86. The van der Waals surface area contributed by atoms with E-state index in [0.29, 0.717) is 11.1 Å². The van der Waals surface area contributed by atoms with E-state index in [2.05, 4.69) is 74.2 Å². The molecule has 2 aliphatic rings. The van der Waals surface area contributed by atoms with Crippen molar-refractivity contribution in [2.24, 2.45) is 0 Å². The molecule has 4 rings (SSSR count). The average molecular weight is 385 g/mol. The van der Waals surface area contributed by atoms with Crippen molar-refractivity contribution in [3.8, 4) is 0 Å². The maximum absolute atomic E-state index is 6.85. The van der Waals surface area contributed by atoms with Gasteiger partial charge in [-0.1, -0.05) is 97.7 Å². The van der Waals surface area contributed by atoms with Crippen LogP contribution in [0.2, 0.25) is 12.6 Å². The molecule has 0 saturated carbocycles. The second kappa shape index (κ2) is 6.46. The third-order valence-corrected chi connectivity index (χ3v) is 12.3. The van der Waals surface area contributed by atoms with Crippen LogP contribution >= 0.6 is 23.2 Å². The van der Waals surface area contributed by atoms with Crippen molar-refractivity contribution in [2.75, 3.05) is 0 Å². The molecule has 25 heavy (non-hydrogen) atoms. The molecule has 0 N–H and O–H groups in total. The second-order valence-corrected chi connectivity index (χ2v) is 13.0. The molecule has 0 bridgehead atoms. The molecule has 2 aromatic carbocycles. The molecule has 2 atom stereocenters. The zero-order chi connectivity index (χ0) is 17.6. The zero-order valence-corrected chi connectivity index (χ0v) is 17.1. The number of rotatable bonds is 4. The number of hydrogen-bond donors (Lipinski definition) is 0. The minimum atomic E-state index is -1.91. The highest BCUT2D eigenvalue weighted by molar-refractivity contribution is 6.84. The van der Waals surface area contributed by atoms with E-state index in [1.165, 1.54) is 28.3 Å². The Kier molecular flexibility index (Phi) is 4.43. The first-order valence-corrected chi connectivity index (χ1v) is 12.6. The van der Waals surface area contributed by atoms with Gasteiger partial charge in [0.1, 0.15) is 0 Å². The van der Waals surface area contributed by atoms with E-state index in [9.17, 15) is 0 Å². The van der Waals surface area contributed by atoms with Crippen LogP contribution in [0.25, 0.3) is 12.2 Å². The number of benzene rings is 2. The minimum absolute atomic E-state index is 0.323. The van der Waals surface area contributed by atoms with Gasteiger partial charge in [-0.15, -0.1) is 0 Å². The molecule has 2 aliphatic carbocycles. The maximum atomic E-state index is 6.85. The summed E-state index contributed by atoms with van der Waals surface area (Å²) in [6.07, 6.45) is 5.50. The molecular formula is C22H22Cl2Si. The first-order chi connectivity index (χ1) is 12.1. The van der Waals surface area contributed by atoms with Crippen LogP contribution in [-0.2, 0) is 0 Å². The number of allylic oxidation sites excluding steroid dienone is 2. The predicted octanol–water partition coefficient (Wildman–Crippen LogP) is 7.31. The molecule has 0 radical (unpaired) electrons. The molecule has 0 amide bonds. The van der Waals surface area contributed by atoms with E-state index in [1.54, 1.807) is 0 Å². The summed E-state index contributed by atoms with van der Waals surface area (Å²) in [6, 6.07) is 18.5. The molecule has 0 spiro atoms. The van der Waals surface area contributed by atoms with Crippen molar-refractivity contribution < 1.29 is 0 Å². The monoisotopic (exact) mass is 384 g/mol. The van der Waals surface area contributed by atoms with Gasteiger partial charge in [-0.05, 0) is 34.4 Å². The fraction of sp³-hybridized carbons (Fsp3) is 0.273. The maximum Gasteiger partial charge on any atom is 0.0783 e. The van der Waals surface area contributed by atoms with E-state index in [-0.39, 0.29) is 0 Å². The molecule has 2 unspecified atom stereocenters. The van der Waals surface area contributed by atoms with E-state index < -0.39 is 8.07 Å². The van der Waals surface area contributed by atoms with Gasteiger partial charge in [0.15, 0.2) is 0 Å². The Morgan fingerprint density at radius 3 is 1.68 bits per heavy atom. The summed E-state index contributed by atoms with van der Waals surface area (Å²) in [4.78, 5) is 0. The summed E-state index contributed by atoms with van der Waals surface area (Å²) in [6.45, 7) is 4.78. The first kappa shape index (κ1) is 17.1. The Labute approximate surface area is 161 Å². The molecule has 128 valence electrons. The highest BCUT2D eigenvalue weighted by Crippen LogP contribution is 2.55. The second-order valence-electron chi connectivity index (χ2n) is 7.44. The molecule has 2 aromatic rings. The topological polar surface area (TPSA) is 0 Å². The molecule has 0 aliphatic heterocycles. The van der Waals surface area contributed by atoms with Crippen LogP contribution in [0.1, 0.15) is 46.7 Å². The summed E-state index contributed by atoms with van der Waals surface area (Å²) >= 11 is 13.7. The Balaban J connectivity index is 1.87. The van der Waals surface area contributed by atoms with Crippen LogP contribution in [0.5, 0.6) is 0 Å². The van der Waals surface area contributed by atoms with E-state index >= 15 is 0 Å².